The fourth-order valence-electron chi connectivity index (χ4n) is 6.14. The van der Waals surface area contributed by atoms with Crippen molar-refractivity contribution in [2.75, 3.05) is 44.6 Å². The zero-order valence-electron chi connectivity index (χ0n) is 22.1. The maximum absolute atomic E-state index is 13.0. The van der Waals surface area contributed by atoms with E-state index in [1.807, 2.05) is 17.0 Å². The second-order valence-electron chi connectivity index (χ2n) is 10.7. The molecule has 4 heterocycles. The standard InChI is InChI=1S/C30H33N5O4/c1-2-39-30(38)34-11-10-33-18-25-12-20(15-31-28(25)32-29(37)26(33)19-34)8-9-27(36)35-16-23-13-22(14-24(23)17-35)21-6-4-3-5-7-21/h3-9,12-13,15,23-24,26H,2,10-11,14,16-19H2,1H3,(H,31,32,37)/b9-8+. The van der Waals surface area contributed by atoms with Crippen molar-refractivity contribution in [2.45, 2.75) is 25.9 Å². The highest BCUT2D eigenvalue weighted by Gasteiger charge is 2.39. The Morgan fingerprint density at radius 1 is 1.13 bits per heavy atom. The van der Waals surface area contributed by atoms with Crippen LogP contribution in [0.4, 0.5) is 10.6 Å². The van der Waals surface area contributed by atoms with Gasteiger partial charge < -0.3 is 19.9 Å². The van der Waals surface area contributed by atoms with Crippen LogP contribution in [0.3, 0.4) is 0 Å². The van der Waals surface area contributed by atoms with Crippen molar-refractivity contribution in [1.82, 2.24) is 19.7 Å². The summed E-state index contributed by atoms with van der Waals surface area (Å²) in [4.78, 5) is 48.2. The molecule has 2 aromatic rings. The summed E-state index contributed by atoms with van der Waals surface area (Å²) in [6, 6.07) is 12.0. The third-order valence-corrected chi connectivity index (χ3v) is 8.19. The van der Waals surface area contributed by atoms with Crippen molar-refractivity contribution >= 4 is 35.4 Å². The number of carbonyl (C=O) groups is 3. The highest BCUT2D eigenvalue weighted by Crippen LogP contribution is 2.41. The van der Waals surface area contributed by atoms with E-state index >= 15 is 0 Å². The van der Waals surface area contributed by atoms with Gasteiger partial charge in [0.15, 0.2) is 0 Å². The van der Waals surface area contributed by atoms with Crippen LogP contribution in [0, 0.1) is 11.8 Å². The van der Waals surface area contributed by atoms with Gasteiger partial charge in [0.25, 0.3) is 0 Å². The molecular weight excluding hydrogens is 494 g/mol. The van der Waals surface area contributed by atoms with E-state index in [4.69, 9.17) is 4.74 Å². The molecule has 1 aromatic heterocycles. The number of ether oxygens (including phenoxy) is 1. The predicted octanol–water partition coefficient (Wildman–Crippen LogP) is 3.25. The monoisotopic (exact) mass is 527 g/mol. The van der Waals surface area contributed by atoms with E-state index in [2.05, 4.69) is 45.5 Å². The number of anilines is 1. The average Bonchev–Trinajstić information content (AvgIpc) is 3.50. The molecule has 2 fully saturated rings. The number of fused-ring (bicyclic) bond motifs is 3. The van der Waals surface area contributed by atoms with Crippen LogP contribution in [0.5, 0.6) is 0 Å². The van der Waals surface area contributed by atoms with Crippen molar-refractivity contribution in [2.24, 2.45) is 11.8 Å². The number of pyridine rings is 1. The molecule has 202 valence electrons. The molecule has 0 radical (unpaired) electrons. The van der Waals surface area contributed by atoms with Gasteiger partial charge in [0.1, 0.15) is 11.9 Å². The number of benzene rings is 1. The number of carbonyl (C=O) groups excluding carboxylic acids is 3. The molecule has 0 saturated carbocycles. The minimum Gasteiger partial charge on any atom is -0.450 e. The summed E-state index contributed by atoms with van der Waals surface area (Å²) in [5, 5.41) is 2.91. The lowest BCUT2D eigenvalue weighted by atomic mass is 9.98. The summed E-state index contributed by atoms with van der Waals surface area (Å²) < 4.78 is 5.12. The quantitative estimate of drug-likeness (QED) is 0.614. The topological polar surface area (TPSA) is 95.1 Å². The number of nitrogens with one attached hydrogen (secondary N) is 1. The summed E-state index contributed by atoms with van der Waals surface area (Å²) >= 11 is 0. The molecule has 3 aliphatic heterocycles. The predicted molar refractivity (Wildman–Crippen MR) is 147 cm³/mol. The number of hydrogen-bond donors (Lipinski definition) is 1. The minimum atomic E-state index is -0.469. The Morgan fingerprint density at radius 2 is 1.97 bits per heavy atom. The Bertz CT molecular complexity index is 1340. The third kappa shape index (κ3) is 5.18. The van der Waals surface area contributed by atoms with Gasteiger partial charge in [-0.2, -0.15) is 0 Å². The van der Waals surface area contributed by atoms with Crippen molar-refractivity contribution in [3.8, 4) is 0 Å². The normalized spacial score (nSPS) is 24.5. The molecule has 3 unspecified atom stereocenters. The zero-order chi connectivity index (χ0) is 26.9. The zero-order valence-corrected chi connectivity index (χ0v) is 22.1. The van der Waals surface area contributed by atoms with E-state index in [9.17, 15) is 14.4 Å². The van der Waals surface area contributed by atoms with E-state index in [1.165, 1.54) is 11.1 Å². The summed E-state index contributed by atoms with van der Waals surface area (Å²) in [7, 11) is 0. The number of hydrogen-bond acceptors (Lipinski definition) is 6. The summed E-state index contributed by atoms with van der Waals surface area (Å²) in [6.45, 7) is 5.46. The Kier molecular flexibility index (Phi) is 6.91. The molecule has 2 saturated heterocycles. The SMILES string of the molecule is CCOC(=O)N1CCN2Cc3cc(/C=C/C(=O)N4CC5C=C(c6ccccc6)CC5C4)cnc3NC(=O)C2C1. The Balaban J connectivity index is 1.09. The summed E-state index contributed by atoms with van der Waals surface area (Å²) in [5.74, 6) is 1.24. The van der Waals surface area contributed by atoms with Crippen LogP contribution in [0.25, 0.3) is 11.6 Å². The van der Waals surface area contributed by atoms with Crippen LogP contribution in [0.15, 0.2) is 54.7 Å². The van der Waals surface area contributed by atoms with Gasteiger partial charge in [-0.25, -0.2) is 9.78 Å². The molecule has 3 amide bonds. The Labute approximate surface area is 228 Å². The van der Waals surface area contributed by atoms with Crippen LogP contribution in [-0.2, 0) is 20.9 Å². The summed E-state index contributed by atoms with van der Waals surface area (Å²) in [5.41, 5.74) is 4.37. The number of piperazine rings is 1. The molecule has 1 N–H and O–H groups in total. The van der Waals surface area contributed by atoms with E-state index in [0.29, 0.717) is 43.9 Å². The number of allylic oxidation sites excluding steroid dienone is 1. The first-order valence-corrected chi connectivity index (χ1v) is 13.7. The lowest BCUT2D eigenvalue weighted by Gasteiger charge is -2.38. The number of amides is 3. The largest absolute Gasteiger partial charge is 0.450 e. The molecule has 0 spiro atoms. The molecule has 1 aromatic carbocycles. The third-order valence-electron chi connectivity index (χ3n) is 8.19. The van der Waals surface area contributed by atoms with Crippen LogP contribution >= 0.6 is 0 Å². The van der Waals surface area contributed by atoms with Crippen LogP contribution in [0.1, 0.15) is 30.0 Å². The van der Waals surface area contributed by atoms with Crippen LogP contribution in [-0.4, -0.2) is 83.0 Å². The first kappa shape index (κ1) is 25.3. The van der Waals surface area contributed by atoms with Gasteiger partial charge in [0.05, 0.1) is 6.61 Å². The van der Waals surface area contributed by atoms with Gasteiger partial charge >= 0.3 is 6.09 Å². The number of likely N-dealkylation sites (tertiary alicyclic amines) is 1. The molecule has 9 heteroatoms. The van der Waals surface area contributed by atoms with Crippen molar-refractivity contribution in [3.63, 3.8) is 0 Å². The van der Waals surface area contributed by atoms with Crippen LogP contribution in [0.2, 0.25) is 0 Å². The van der Waals surface area contributed by atoms with Gasteiger partial charge in [0, 0.05) is 57.1 Å². The number of rotatable bonds is 4. The first-order valence-electron chi connectivity index (χ1n) is 13.7. The molecule has 0 bridgehead atoms. The molecule has 3 atom stereocenters. The van der Waals surface area contributed by atoms with Crippen LogP contribution < -0.4 is 5.32 Å². The van der Waals surface area contributed by atoms with E-state index in [0.717, 1.165) is 30.6 Å². The summed E-state index contributed by atoms with van der Waals surface area (Å²) in [6.07, 6.45) is 8.07. The highest BCUT2D eigenvalue weighted by molar-refractivity contribution is 5.96. The fraction of sp³-hybridized carbons (Fsp3) is 0.400. The maximum Gasteiger partial charge on any atom is 0.409 e. The van der Waals surface area contributed by atoms with E-state index in [-0.39, 0.29) is 18.4 Å². The molecule has 6 rings (SSSR count). The van der Waals surface area contributed by atoms with Gasteiger partial charge in [-0.15, -0.1) is 0 Å². The second kappa shape index (κ2) is 10.6. The second-order valence-corrected chi connectivity index (χ2v) is 10.7. The Morgan fingerprint density at radius 3 is 2.77 bits per heavy atom. The lowest BCUT2D eigenvalue weighted by Crippen LogP contribution is -2.57. The van der Waals surface area contributed by atoms with Crippen molar-refractivity contribution < 1.29 is 19.1 Å². The molecule has 4 aliphatic rings. The minimum absolute atomic E-state index is 0.0115. The first-order chi connectivity index (χ1) is 19.0. The van der Waals surface area contributed by atoms with Crippen molar-refractivity contribution in [1.29, 1.82) is 0 Å². The average molecular weight is 528 g/mol. The smallest absolute Gasteiger partial charge is 0.409 e. The fourth-order valence-corrected chi connectivity index (χ4v) is 6.14. The molecule has 9 nitrogen and oxygen atoms in total. The Hall–Kier alpha value is -3.98. The van der Waals surface area contributed by atoms with Gasteiger partial charge in [-0.3, -0.25) is 14.5 Å². The van der Waals surface area contributed by atoms with Gasteiger partial charge in [-0.1, -0.05) is 36.4 Å². The maximum atomic E-state index is 13.0. The molecule has 1 aliphatic carbocycles. The molecular formula is C30H33N5O4. The lowest BCUT2D eigenvalue weighted by molar-refractivity contribution is -0.125. The van der Waals surface area contributed by atoms with E-state index in [1.54, 1.807) is 30.2 Å². The highest BCUT2D eigenvalue weighted by atomic mass is 16.6. The van der Waals surface area contributed by atoms with Crippen molar-refractivity contribution in [3.05, 3.63) is 71.4 Å². The number of nitrogens with zero attached hydrogens (tertiary/aromatic N) is 4. The molecule has 39 heavy (non-hydrogen) atoms. The van der Waals surface area contributed by atoms with E-state index < -0.39 is 12.1 Å². The number of aromatic nitrogens is 1. The van der Waals surface area contributed by atoms with Gasteiger partial charge in [-0.05, 0) is 54.0 Å². The van der Waals surface area contributed by atoms with Gasteiger partial charge in [0.2, 0.25) is 11.8 Å².